The first-order valence-electron chi connectivity index (χ1n) is 8.60. The summed E-state index contributed by atoms with van der Waals surface area (Å²) < 4.78 is 26.6. The molecule has 0 saturated heterocycles. The predicted octanol–water partition coefficient (Wildman–Crippen LogP) is 3.72. The molecule has 0 aromatic heterocycles. The third kappa shape index (κ3) is 4.02. The monoisotopic (exact) mass is 382 g/mol. The Bertz CT molecular complexity index is 1100. The van der Waals surface area contributed by atoms with Gasteiger partial charge in [0.15, 0.2) is 0 Å². The van der Waals surface area contributed by atoms with Gasteiger partial charge in [0, 0.05) is 18.1 Å². The molecule has 27 heavy (non-hydrogen) atoms. The van der Waals surface area contributed by atoms with Gasteiger partial charge in [0.25, 0.3) is 0 Å². The van der Waals surface area contributed by atoms with E-state index in [0.29, 0.717) is 5.69 Å². The van der Waals surface area contributed by atoms with Gasteiger partial charge in [0.1, 0.15) is 0 Å². The first-order valence-corrected chi connectivity index (χ1v) is 10.0. The number of fused-ring (bicyclic) bond motifs is 1. The summed E-state index contributed by atoms with van der Waals surface area (Å²) in [6.07, 6.45) is 0. The van der Waals surface area contributed by atoms with Crippen LogP contribution in [0.25, 0.3) is 10.8 Å². The van der Waals surface area contributed by atoms with E-state index in [1.807, 2.05) is 50.2 Å². The summed E-state index contributed by atoms with van der Waals surface area (Å²) in [5.41, 5.74) is 2.57. The van der Waals surface area contributed by atoms with Crippen LogP contribution in [0.4, 0.5) is 5.69 Å². The molecule has 5 nitrogen and oxygen atoms in total. The van der Waals surface area contributed by atoms with Crippen LogP contribution in [0.15, 0.2) is 65.6 Å². The van der Waals surface area contributed by atoms with Crippen molar-refractivity contribution in [2.45, 2.75) is 18.7 Å². The highest BCUT2D eigenvalue weighted by Crippen LogP contribution is 2.23. The van der Waals surface area contributed by atoms with Crippen molar-refractivity contribution in [2.75, 3.05) is 18.9 Å². The number of rotatable bonds is 5. The fraction of sp³-hybridized carbons (Fsp3) is 0.190. The van der Waals surface area contributed by atoms with E-state index >= 15 is 0 Å². The molecule has 0 aliphatic heterocycles. The number of aryl methyl sites for hydroxylation is 2. The van der Waals surface area contributed by atoms with E-state index in [1.165, 1.54) is 7.05 Å². The molecule has 3 rings (SSSR count). The molecule has 0 aliphatic carbocycles. The Morgan fingerprint density at radius 2 is 1.67 bits per heavy atom. The smallest absolute Gasteiger partial charge is 0.243 e. The van der Waals surface area contributed by atoms with E-state index in [-0.39, 0.29) is 17.3 Å². The van der Waals surface area contributed by atoms with Crippen LogP contribution < -0.4 is 5.32 Å². The molecule has 0 atom stereocenters. The minimum Gasteiger partial charge on any atom is -0.324 e. The largest absolute Gasteiger partial charge is 0.324 e. The lowest BCUT2D eigenvalue weighted by Gasteiger charge is -2.18. The Kier molecular flexibility index (Phi) is 5.30. The van der Waals surface area contributed by atoms with Crippen molar-refractivity contribution >= 4 is 32.4 Å². The molecule has 0 spiro atoms. The maximum absolute atomic E-state index is 12.7. The SMILES string of the molecule is Cc1ccc(S(=O)(=O)N(C)CC(=O)Nc2cccc3ccccc23)cc1C. The van der Waals surface area contributed by atoms with Crippen molar-refractivity contribution < 1.29 is 13.2 Å². The van der Waals surface area contributed by atoms with Crippen molar-refractivity contribution in [1.82, 2.24) is 4.31 Å². The fourth-order valence-electron chi connectivity index (χ4n) is 2.87. The number of benzene rings is 3. The number of nitrogens with one attached hydrogen (secondary N) is 1. The average Bonchev–Trinajstić information content (AvgIpc) is 2.64. The summed E-state index contributed by atoms with van der Waals surface area (Å²) in [5.74, 6) is -0.388. The zero-order valence-corrected chi connectivity index (χ0v) is 16.4. The van der Waals surface area contributed by atoms with E-state index in [2.05, 4.69) is 5.32 Å². The van der Waals surface area contributed by atoms with E-state index in [1.54, 1.807) is 24.3 Å². The lowest BCUT2D eigenvalue weighted by molar-refractivity contribution is -0.116. The normalized spacial score (nSPS) is 11.7. The standard InChI is InChI=1S/C21H22N2O3S/c1-15-11-12-18(13-16(15)2)27(25,26)23(3)14-21(24)22-20-10-6-8-17-7-4-5-9-19(17)20/h4-13H,14H2,1-3H3,(H,22,24). The molecule has 3 aromatic carbocycles. The second-order valence-electron chi connectivity index (χ2n) is 6.58. The molecular weight excluding hydrogens is 360 g/mol. The average molecular weight is 382 g/mol. The number of anilines is 1. The molecule has 3 aromatic rings. The van der Waals surface area contributed by atoms with Crippen LogP contribution in [0.2, 0.25) is 0 Å². The molecule has 0 bridgehead atoms. The predicted molar refractivity (Wildman–Crippen MR) is 108 cm³/mol. The van der Waals surface area contributed by atoms with Crippen LogP contribution in [-0.2, 0) is 14.8 Å². The van der Waals surface area contributed by atoms with E-state index in [4.69, 9.17) is 0 Å². The lowest BCUT2D eigenvalue weighted by Crippen LogP contribution is -2.35. The molecule has 0 heterocycles. The minimum atomic E-state index is -3.74. The van der Waals surface area contributed by atoms with Crippen LogP contribution in [0.5, 0.6) is 0 Å². The summed E-state index contributed by atoms with van der Waals surface area (Å²) >= 11 is 0. The molecule has 1 N–H and O–H groups in total. The molecule has 0 fully saturated rings. The first kappa shape index (κ1) is 19.1. The van der Waals surface area contributed by atoms with E-state index in [0.717, 1.165) is 26.2 Å². The second-order valence-corrected chi connectivity index (χ2v) is 8.63. The first-order chi connectivity index (χ1) is 12.8. The van der Waals surface area contributed by atoms with E-state index in [9.17, 15) is 13.2 Å². The minimum absolute atomic E-state index is 0.186. The summed E-state index contributed by atoms with van der Waals surface area (Å²) in [7, 11) is -2.33. The molecule has 6 heteroatoms. The maximum Gasteiger partial charge on any atom is 0.243 e. The van der Waals surface area contributed by atoms with Crippen molar-refractivity contribution in [1.29, 1.82) is 0 Å². The Morgan fingerprint density at radius 3 is 2.41 bits per heavy atom. The van der Waals surface area contributed by atoms with Crippen LogP contribution >= 0.6 is 0 Å². The van der Waals surface area contributed by atoms with Gasteiger partial charge in [0.05, 0.1) is 11.4 Å². The molecule has 1 amide bonds. The van der Waals surface area contributed by atoms with Gasteiger partial charge in [-0.15, -0.1) is 0 Å². The van der Waals surface area contributed by atoms with Gasteiger partial charge in [-0.3, -0.25) is 4.79 Å². The number of amides is 1. The molecule has 0 radical (unpaired) electrons. The number of sulfonamides is 1. The Hall–Kier alpha value is -2.70. The molecule has 0 unspecified atom stereocenters. The fourth-order valence-corrected chi connectivity index (χ4v) is 4.08. The Labute approximate surface area is 159 Å². The Morgan fingerprint density at radius 1 is 0.963 bits per heavy atom. The van der Waals surface area contributed by atoms with Crippen LogP contribution in [0.3, 0.4) is 0 Å². The number of hydrogen-bond acceptors (Lipinski definition) is 3. The molecule has 0 aliphatic rings. The number of hydrogen-bond donors (Lipinski definition) is 1. The maximum atomic E-state index is 12.7. The van der Waals surface area contributed by atoms with Gasteiger partial charge in [-0.05, 0) is 48.6 Å². The van der Waals surface area contributed by atoms with Gasteiger partial charge in [0.2, 0.25) is 15.9 Å². The van der Waals surface area contributed by atoms with Crippen molar-refractivity contribution in [3.63, 3.8) is 0 Å². The molecule has 140 valence electrons. The van der Waals surface area contributed by atoms with Crippen LogP contribution in [0.1, 0.15) is 11.1 Å². The van der Waals surface area contributed by atoms with Gasteiger partial charge < -0.3 is 5.32 Å². The Balaban J connectivity index is 1.77. The highest BCUT2D eigenvalue weighted by atomic mass is 32.2. The summed E-state index contributed by atoms with van der Waals surface area (Å²) in [4.78, 5) is 12.6. The molecular formula is C21H22N2O3S. The van der Waals surface area contributed by atoms with Crippen LogP contribution in [-0.4, -0.2) is 32.2 Å². The summed E-state index contributed by atoms with van der Waals surface area (Å²) in [6.45, 7) is 3.52. The van der Waals surface area contributed by atoms with Crippen molar-refractivity contribution in [3.05, 3.63) is 71.8 Å². The van der Waals surface area contributed by atoms with Gasteiger partial charge in [-0.1, -0.05) is 42.5 Å². The second kappa shape index (κ2) is 7.50. The topological polar surface area (TPSA) is 66.5 Å². The van der Waals surface area contributed by atoms with Gasteiger partial charge >= 0.3 is 0 Å². The number of likely N-dealkylation sites (N-methyl/N-ethyl adjacent to an activating group) is 1. The zero-order chi connectivity index (χ0) is 19.6. The summed E-state index contributed by atoms with van der Waals surface area (Å²) in [5, 5.41) is 4.73. The third-order valence-electron chi connectivity index (χ3n) is 4.62. The zero-order valence-electron chi connectivity index (χ0n) is 15.6. The summed E-state index contributed by atoms with van der Waals surface area (Å²) in [6, 6.07) is 18.3. The van der Waals surface area contributed by atoms with Crippen molar-refractivity contribution in [3.8, 4) is 0 Å². The van der Waals surface area contributed by atoms with E-state index < -0.39 is 10.0 Å². The number of carbonyl (C=O) groups is 1. The highest BCUT2D eigenvalue weighted by Gasteiger charge is 2.23. The van der Waals surface area contributed by atoms with Gasteiger partial charge in [-0.2, -0.15) is 4.31 Å². The van der Waals surface area contributed by atoms with Gasteiger partial charge in [-0.25, -0.2) is 8.42 Å². The lowest BCUT2D eigenvalue weighted by atomic mass is 10.1. The van der Waals surface area contributed by atoms with Crippen LogP contribution in [0, 0.1) is 13.8 Å². The quantitative estimate of drug-likeness (QED) is 0.731. The highest BCUT2D eigenvalue weighted by molar-refractivity contribution is 7.89. The third-order valence-corrected chi connectivity index (χ3v) is 6.42. The van der Waals surface area contributed by atoms with Crippen molar-refractivity contribution in [2.24, 2.45) is 0 Å². The molecule has 0 saturated carbocycles. The number of carbonyl (C=O) groups excluding carboxylic acids is 1. The number of nitrogens with zero attached hydrogens (tertiary/aromatic N) is 1.